The zero-order valence-electron chi connectivity index (χ0n) is 12.9. The maximum Gasteiger partial charge on any atom is 0.573 e. The molecule has 1 aromatic rings. The average molecular weight is 301 g/mol. The van der Waals surface area contributed by atoms with Gasteiger partial charge in [0.25, 0.3) is 0 Å². The largest absolute Gasteiger partial charge is 0.573 e. The van der Waals surface area contributed by atoms with E-state index < -0.39 is 6.36 Å². The summed E-state index contributed by atoms with van der Waals surface area (Å²) < 4.78 is 41.9. The molecular weight excluding hydrogens is 279 g/mol. The molecule has 5 heteroatoms. The van der Waals surface area contributed by atoms with Gasteiger partial charge in [0.05, 0.1) is 0 Å². The molecule has 1 saturated heterocycles. The molecule has 2 rings (SSSR count). The topological polar surface area (TPSA) is 12.5 Å². The van der Waals surface area contributed by atoms with Crippen LogP contribution < -0.4 is 4.74 Å². The molecule has 0 N–H and O–H groups in total. The SMILES string of the molecule is CC(C)c1ccc(C2CN(C(C)C)C2)cc1OC(F)(F)F. The van der Waals surface area contributed by atoms with Crippen molar-refractivity contribution < 1.29 is 17.9 Å². The first kappa shape index (κ1) is 16.1. The van der Waals surface area contributed by atoms with Gasteiger partial charge in [-0.05, 0) is 37.0 Å². The van der Waals surface area contributed by atoms with E-state index in [1.165, 1.54) is 0 Å². The highest BCUT2D eigenvalue weighted by atomic mass is 19.4. The molecule has 0 radical (unpaired) electrons. The summed E-state index contributed by atoms with van der Waals surface area (Å²) in [6.45, 7) is 9.75. The van der Waals surface area contributed by atoms with Crippen molar-refractivity contribution in [3.63, 3.8) is 0 Å². The Kier molecular flexibility index (Phi) is 4.51. The number of rotatable bonds is 4. The lowest BCUT2D eigenvalue weighted by Gasteiger charge is -2.42. The van der Waals surface area contributed by atoms with Gasteiger partial charge in [-0.25, -0.2) is 0 Å². The van der Waals surface area contributed by atoms with Crippen molar-refractivity contribution in [2.24, 2.45) is 0 Å². The summed E-state index contributed by atoms with van der Waals surface area (Å²) in [6, 6.07) is 5.73. The van der Waals surface area contributed by atoms with Gasteiger partial charge in [-0.15, -0.1) is 13.2 Å². The number of ether oxygens (including phenoxy) is 1. The third kappa shape index (κ3) is 3.90. The minimum atomic E-state index is -4.65. The second-order valence-corrected chi connectivity index (χ2v) is 6.24. The van der Waals surface area contributed by atoms with E-state index in [0.29, 0.717) is 17.5 Å². The summed E-state index contributed by atoms with van der Waals surface area (Å²) in [6.07, 6.45) is -4.65. The van der Waals surface area contributed by atoms with E-state index in [1.54, 1.807) is 12.1 Å². The molecule has 21 heavy (non-hydrogen) atoms. The Balaban J connectivity index is 2.20. The number of nitrogens with zero attached hydrogens (tertiary/aromatic N) is 1. The summed E-state index contributed by atoms with van der Waals surface area (Å²) in [5.41, 5.74) is 1.52. The molecule has 1 heterocycles. The molecule has 0 atom stereocenters. The van der Waals surface area contributed by atoms with Crippen molar-refractivity contribution in [3.05, 3.63) is 29.3 Å². The number of alkyl halides is 3. The second kappa shape index (κ2) is 5.87. The number of halogens is 3. The Labute approximate surface area is 123 Å². The quantitative estimate of drug-likeness (QED) is 0.811. The Morgan fingerprint density at radius 1 is 1.14 bits per heavy atom. The van der Waals surface area contributed by atoms with E-state index in [1.807, 2.05) is 19.9 Å². The van der Waals surface area contributed by atoms with Crippen molar-refractivity contribution >= 4 is 0 Å². The zero-order valence-corrected chi connectivity index (χ0v) is 12.9. The maximum absolute atomic E-state index is 12.6. The minimum absolute atomic E-state index is 0.00930. The Bertz CT molecular complexity index is 491. The molecular formula is C16H22F3NO. The summed E-state index contributed by atoms with van der Waals surface area (Å²) >= 11 is 0. The standard InChI is InChI=1S/C16H22F3NO/c1-10(2)14-6-5-12(7-15(14)21-16(17,18)19)13-8-20(9-13)11(3)4/h5-7,10-11,13H,8-9H2,1-4H3. The van der Waals surface area contributed by atoms with Crippen LogP contribution in [0.1, 0.15) is 50.7 Å². The monoisotopic (exact) mass is 301 g/mol. The third-order valence-corrected chi connectivity index (χ3v) is 4.00. The van der Waals surface area contributed by atoms with Gasteiger partial charge in [0.15, 0.2) is 0 Å². The van der Waals surface area contributed by atoms with E-state index in [4.69, 9.17) is 0 Å². The fraction of sp³-hybridized carbons (Fsp3) is 0.625. The van der Waals surface area contributed by atoms with Crippen LogP contribution in [0.3, 0.4) is 0 Å². The molecule has 0 aliphatic carbocycles. The van der Waals surface area contributed by atoms with Crippen molar-refractivity contribution in [2.75, 3.05) is 13.1 Å². The highest BCUT2D eigenvalue weighted by Crippen LogP contribution is 2.36. The van der Waals surface area contributed by atoms with E-state index in [9.17, 15) is 13.2 Å². The minimum Gasteiger partial charge on any atom is -0.405 e. The zero-order chi connectivity index (χ0) is 15.8. The van der Waals surface area contributed by atoms with Gasteiger partial charge in [0.1, 0.15) is 5.75 Å². The summed E-state index contributed by atoms with van der Waals surface area (Å²) in [5.74, 6) is 0.229. The predicted octanol–water partition coefficient (Wildman–Crippen LogP) is 4.52. The molecule has 0 bridgehead atoms. The predicted molar refractivity (Wildman–Crippen MR) is 76.7 cm³/mol. The molecule has 0 aromatic heterocycles. The Morgan fingerprint density at radius 2 is 1.76 bits per heavy atom. The van der Waals surface area contributed by atoms with Gasteiger partial charge < -0.3 is 4.74 Å². The highest BCUT2D eigenvalue weighted by molar-refractivity contribution is 5.41. The van der Waals surface area contributed by atoms with Crippen molar-refractivity contribution in [3.8, 4) is 5.75 Å². The van der Waals surface area contributed by atoms with Crippen molar-refractivity contribution in [2.45, 2.75) is 51.9 Å². The van der Waals surface area contributed by atoms with Gasteiger partial charge in [-0.1, -0.05) is 26.0 Å². The van der Waals surface area contributed by atoms with Gasteiger partial charge >= 0.3 is 6.36 Å². The molecule has 1 aromatic carbocycles. The van der Waals surface area contributed by atoms with Crippen molar-refractivity contribution in [1.82, 2.24) is 4.90 Å². The third-order valence-electron chi connectivity index (χ3n) is 4.00. The van der Waals surface area contributed by atoms with E-state index >= 15 is 0 Å². The first-order chi connectivity index (χ1) is 9.67. The number of hydrogen-bond donors (Lipinski definition) is 0. The normalized spacial score (nSPS) is 17.4. The summed E-state index contributed by atoms with van der Waals surface area (Å²) in [4.78, 5) is 2.30. The Hall–Kier alpha value is -1.23. The van der Waals surface area contributed by atoms with Crippen LogP contribution in [0.5, 0.6) is 5.75 Å². The molecule has 2 nitrogen and oxygen atoms in total. The molecule has 118 valence electrons. The van der Waals surface area contributed by atoms with Crippen LogP contribution in [0.15, 0.2) is 18.2 Å². The van der Waals surface area contributed by atoms with Crippen LogP contribution in [0, 0.1) is 0 Å². The van der Waals surface area contributed by atoms with Crippen LogP contribution in [0.2, 0.25) is 0 Å². The summed E-state index contributed by atoms with van der Waals surface area (Å²) in [7, 11) is 0. The van der Waals surface area contributed by atoms with E-state index in [0.717, 1.165) is 18.7 Å². The summed E-state index contributed by atoms with van der Waals surface area (Å²) in [5, 5.41) is 0. The number of hydrogen-bond acceptors (Lipinski definition) is 2. The fourth-order valence-electron chi connectivity index (χ4n) is 2.64. The lowest BCUT2D eigenvalue weighted by atomic mass is 9.88. The molecule has 1 aliphatic rings. The van der Waals surface area contributed by atoms with Gasteiger partial charge in [-0.2, -0.15) is 0 Å². The first-order valence-electron chi connectivity index (χ1n) is 7.31. The number of benzene rings is 1. The molecule has 1 aliphatic heterocycles. The van der Waals surface area contributed by atoms with Crippen LogP contribution in [-0.4, -0.2) is 30.4 Å². The lowest BCUT2D eigenvalue weighted by Crippen LogP contribution is -2.48. The lowest BCUT2D eigenvalue weighted by molar-refractivity contribution is -0.275. The second-order valence-electron chi connectivity index (χ2n) is 6.24. The molecule has 0 amide bonds. The van der Waals surface area contributed by atoms with Crippen LogP contribution in [0.25, 0.3) is 0 Å². The molecule has 1 fully saturated rings. The van der Waals surface area contributed by atoms with Crippen LogP contribution in [0.4, 0.5) is 13.2 Å². The Morgan fingerprint density at radius 3 is 2.24 bits per heavy atom. The molecule has 0 spiro atoms. The van der Waals surface area contributed by atoms with Gasteiger partial charge in [-0.3, -0.25) is 4.90 Å². The van der Waals surface area contributed by atoms with Crippen molar-refractivity contribution in [1.29, 1.82) is 0 Å². The average Bonchev–Trinajstić information content (AvgIpc) is 2.23. The first-order valence-corrected chi connectivity index (χ1v) is 7.31. The maximum atomic E-state index is 12.6. The van der Waals surface area contributed by atoms with Crippen LogP contribution in [-0.2, 0) is 0 Å². The smallest absolute Gasteiger partial charge is 0.405 e. The van der Waals surface area contributed by atoms with E-state index in [-0.39, 0.29) is 11.7 Å². The fourth-order valence-corrected chi connectivity index (χ4v) is 2.64. The molecule has 0 unspecified atom stereocenters. The number of likely N-dealkylation sites (tertiary alicyclic amines) is 1. The van der Waals surface area contributed by atoms with Crippen LogP contribution >= 0.6 is 0 Å². The van der Waals surface area contributed by atoms with Gasteiger partial charge in [0, 0.05) is 25.0 Å². The molecule has 0 saturated carbocycles. The van der Waals surface area contributed by atoms with E-state index in [2.05, 4.69) is 23.5 Å². The highest BCUT2D eigenvalue weighted by Gasteiger charge is 2.34. The van der Waals surface area contributed by atoms with Gasteiger partial charge in [0.2, 0.25) is 0 Å².